The Kier molecular flexibility index (Phi) is 3.46. The zero-order chi connectivity index (χ0) is 15.8. The van der Waals surface area contributed by atoms with Gasteiger partial charge in [0.15, 0.2) is 0 Å². The number of hydrogen-bond donors (Lipinski definition) is 0. The molecule has 0 radical (unpaired) electrons. The number of hydrogen-bond acceptors (Lipinski definition) is 4. The largest absolute Gasteiger partial charge is 0.467 e. The number of aromatic nitrogens is 2. The lowest BCUT2D eigenvalue weighted by molar-refractivity contribution is 0.274. The zero-order valence-electron chi connectivity index (χ0n) is 13.4. The second kappa shape index (κ2) is 5.63. The summed E-state index contributed by atoms with van der Waals surface area (Å²) in [5, 5.41) is 2.62. The third-order valence-corrected chi connectivity index (χ3v) is 4.49. The highest BCUT2D eigenvalue weighted by molar-refractivity contribution is 5.85. The fourth-order valence-corrected chi connectivity index (χ4v) is 3.33. The summed E-state index contributed by atoms with van der Waals surface area (Å²) in [4.78, 5) is 11.3. The molecule has 1 aliphatic heterocycles. The molecule has 1 aromatic heterocycles. The Balaban J connectivity index is 1.62. The molecule has 116 valence electrons. The van der Waals surface area contributed by atoms with Crippen molar-refractivity contribution in [1.82, 2.24) is 14.9 Å². The third-order valence-electron chi connectivity index (χ3n) is 4.49. The first-order chi connectivity index (χ1) is 11.2. The molecule has 4 heteroatoms. The van der Waals surface area contributed by atoms with E-state index in [4.69, 9.17) is 4.74 Å². The summed E-state index contributed by atoms with van der Waals surface area (Å²) in [5.74, 6) is 0. The molecule has 2 aromatic carbocycles. The van der Waals surface area contributed by atoms with E-state index in [0.29, 0.717) is 6.01 Å². The Morgan fingerprint density at radius 2 is 1.87 bits per heavy atom. The Morgan fingerprint density at radius 3 is 2.74 bits per heavy atom. The summed E-state index contributed by atoms with van der Waals surface area (Å²) in [5.41, 5.74) is 4.71. The zero-order valence-corrected chi connectivity index (χ0v) is 13.4. The smallest absolute Gasteiger partial charge is 0.316 e. The fourth-order valence-electron chi connectivity index (χ4n) is 3.33. The fraction of sp³-hybridized carbons (Fsp3) is 0.263. The Morgan fingerprint density at radius 1 is 1.04 bits per heavy atom. The van der Waals surface area contributed by atoms with Crippen molar-refractivity contribution in [2.75, 3.05) is 7.11 Å². The molecular weight excluding hydrogens is 286 g/mol. The van der Waals surface area contributed by atoms with Crippen molar-refractivity contribution in [1.29, 1.82) is 0 Å². The molecule has 4 rings (SSSR count). The first-order valence-electron chi connectivity index (χ1n) is 7.84. The molecular formula is C19H19N3O. The average Bonchev–Trinajstić information content (AvgIpc) is 2.98. The minimum Gasteiger partial charge on any atom is -0.467 e. The predicted molar refractivity (Wildman–Crippen MR) is 90.2 cm³/mol. The molecule has 0 saturated heterocycles. The van der Waals surface area contributed by atoms with Crippen LogP contribution in [0.3, 0.4) is 0 Å². The molecule has 0 spiro atoms. The highest BCUT2D eigenvalue weighted by Crippen LogP contribution is 2.28. The normalized spacial score (nSPS) is 14.2. The van der Waals surface area contributed by atoms with Crippen LogP contribution >= 0.6 is 0 Å². The van der Waals surface area contributed by atoms with Gasteiger partial charge in [-0.05, 0) is 23.3 Å². The number of benzene rings is 2. The van der Waals surface area contributed by atoms with Crippen LogP contribution in [-0.4, -0.2) is 22.0 Å². The molecule has 0 N–H and O–H groups in total. The van der Waals surface area contributed by atoms with Gasteiger partial charge in [-0.25, -0.2) is 4.98 Å². The second-order valence-electron chi connectivity index (χ2n) is 6.00. The van der Waals surface area contributed by atoms with Crippen LogP contribution in [0.1, 0.15) is 22.5 Å². The van der Waals surface area contributed by atoms with Crippen molar-refractivity contribution >= 4 is 10.8 Å². The summed E-state index contributed by atoms with van der Waals surface area (Å²) in [6.45, 7) is 4.69. The number of nitrogens with zero attached hydrogens (tertiary/aromatic N) is 3. The van der Waals surface area contributed by atoms with Crippen molar-refractivity contribution in [3.05, 3.63) is 65.0 Å². The number of methoxy groups -OCH3 is 1. The van der Waals surface area contributed by atoms with E-state index in [2.05, 4.69) is 57.3 Å². The standard InChI is InChI=1S/C19H19N3O/c1-13-17-11-22(12-18(17)21-19(20-13)23-2)10-15-8-5-7-14-6-3-4-9-16(14)15/h3-9H,10-12H2,1-2H3. The highest BCUT2D eigenvalue weighted by atomic mass is 16.5. The minimum atomic E-state index is 0.466. The predicted octanol–water partition coefficient (Wildman–Crippen LogP) is 3.46. The molecule has 0 fully saturated rings. The Labute approximate surface area is 135 Å². The van der Waals surface area contributed by atoms with Gasteiger partial charge in [0, 0.05) is 30.9 Å². The summed E-state index contributed by atoms with van der Waals surface area (Å²) in [6, 6.07) is 15.5. The van der Waals surface area contributed by atoms with Crippen LogP contribution < -0.4 is 4.74 Å². The summed E-state index contributed by atoms with van der Waals surface area (Å²) in [7, 11) is 1.62. The summed E-state index contributed by atoms with van der Waals surface area (Å²) < 4.78 is 5.19. The van der Waals surface area contributed by atoms with E-state index in [9.17, 15) is 0 Å². The lowest BCUT2D eigenvalue weighted by atomic mass is 10.0. The van der Waals surface area contributed by atoms with Crippen LogP contribution in [0.5, 0.6) is 6.01 Å². The number of fused-ring (bicyclic) bond motifs is 2. The van der Waals surface area contributed by atoms with Crippen LogP contribution in [0, 0.1) is 6.92 Å². The average molecular weight is 305 g/mol. The first kappa shape index (κ1) is 14.2. The lowest BCUT2D eigenvalue weighted by Crippen LogP contribution is -2.16. The summed E-state index contributed by atoms with van der Waals surface area (Å²) in [6.07, 6.45) is 0. The molecule has 0 saturated carbocycles. The second-order valence-corrected chi connectivity index (χ2v) is 6.00. The van der Waals surface area contributed by atoms with Crippen LogP contribution in [0.25, 0.3) is 10.8 Å². The van der Waals surface area contributed by atoms with E-state index in [0.717, 1.165) is 31.0 Å². The van der Waals surface area contributed by atoms with Crippen LogP contribution in [-0.2, 0) is 19.6 Å². The van der Waals surface area contributed by atoms with Gasteiger partial charge >= 0.3 is 6.01 Å². The van der Waals surface area contributed by atoms with Gasteiger partial charge < -0.3 is 4.74 Å². The van der Waals surface area contributed by atoms with E-state index in [1.54, 1.807) is 7.11 Å². The van der Waals surface area contributed by atoms with Gasteiger partial charge in [0.25, 0.3) is 0 Å². The van der Waals surface area contributed by atoms with Gasteiger partial charge in [-0.2, -0.15) is 4.98 Å². The highest BCUT2D eigenvalue weighted by Gasteiger charge is 2.24. The molecule has 0 amide bonds. The minimum absolute atomic E-state index is 0.466. The SMILES string of the molecule is COc1nc(C)c2c(n1)CN(Cc1cccc3ccccc13)C2. The Bertz CT molecular complexity index is 870. The number of rotatable bonds is 3. The van der Waals surface area contributed by atoms with Gasteiger partial charge in [-0.15, -0.1) is 0 Å². The van der Waals surface area contributed by atoms with Gasteiger partial charge in [0.05, 0.1) is 12.8 Å². The molecule has 1 aliphatic rings. The maximum atomic E-state index is 5.19. The third kappa shape index (κ3) is 2.55. The molecule has 0 bridgehead atoms. The number of aryl methyl sites for hydroxylation is 1. The van der Waals surface area contributed by atoms with Crippen molar-refractivity contribution in [3.8, 4) is 6.01 Å². The topological polar surface area (TPSA) is 38.3 Å². The molecule has 23 heavy (non-hydrogen) atoms. The van der Waals surface area contributed by atoms with Crippen LogP contribution in [0.4, 0.5) is 0 Å². The first-order valence-corrected chi connectivity index (χ1v) is 7.84. The molecule has 3 aromatic rings. The van der Waals surface area contributed by atoms with Crippen LogP contribution in [0.15, 0.2) is 42.5 Å². The van der Waals surface area contributed by atoms with Gasteiger partial charge in [0.2, 0.25) is 0 Å². The summed E-state index contributed by atoms with van der Waals surface area (Å²) >= 11 is 0. The van der Waals surface area contributed by atoms with E-state index < -0.39 is 0 Å². The van der Waals surface area contributed by atoms with E-state index in [1.165, 1.54) is 21.9 Å². The van der Waals surface area contributed by atoms with Crippen molar-refractivity contribution in [3.63, 3.8) is 0 Å². The van der Waals surface area contributed by atoms with E-state index >= 15 is 0 Å². The molecule has 0 unspecified atom stereocenters. The van der Waals surface area contributed by atoms with Gasteiger partial charge in [-0.3, -0.25) is 4.90 Å². The molecule has 0 aliphatic carbocycles. The molecule has 2 heterocycles. The van der Waals surface area contributed by atoms with Crippen molar-refractivity contribution < 1.29 is 4.74 Å². The van der Waals surface area contributed by atoms with Gasteiger partial charge in [0.1, 0.15) is 0 Å². The van der Waals surface area contributed by atoms with Crippen LogP contribution in [0.2, 0.25) is 0 Å². The monoisotopic (exact) mass is 305 g/mol. The quantitative estimate of drug-likeness (QED) is 0.743. The maximum absolute atomic E-state index is 5.19. The van der Waals surface area contributed by atoms with E-state index in [-0.39, 0.29) is 0 Å². The van der Waals surface area contributed by atoms with E-state index in [1.807, 2.05) is 6.92 Å². The lowest BCUT2D eigenvalue weighted by Gasteiger charge is -2.16. The molecule has 4 nitrogen and oxygen atoms in total. The maximum Gasteiger partial charge on any atom is 0.316 e. The Hall–Kier alpha value is -2.46. The number of ether oxygens (including phenoxy) is 1. The van der Waals surface area contributed by atoms with Gasteiger partial charge in [-0.1, -0.05) is 42.5 Å². The van der Waals surface area contributed by atoms with Crippen molar-refractivity contribution in [2.24, 2.45) is 0 Å². The molecule has 0 atom stereocenters. The van der Waals surface area contributed by atoms with Crippen molar-refractivity contribution in [2.45, 2.75) is 26.6 Å².